The van der Waals surface area contributed by atoms with Gasteiger partial charge in [-0.3, -0.25) is 0 Å². The first-order chi connectivity index (χ1) is 5.20. The highest BCUT2D eigenvalue weighted by Crippen LogP contribution is 2.47. The molecular formula is C9H9BrS. The van der Waals surface area contributed by atoms with Crippen molar-refractivity contribution >= 4 is 27.7 Å². The van der Waals surface area contributed by atoms with E-state index in [1.807, 2.05) is 11.8 Å². The Labute approximate surface area is 79.5 Å². The Morgan fingerprint density at radius 2 is 2.18 bits per heavy atom. The molecular weight excluding hydrogens is 220 g/mol. The standard InChI is InChI=1S/C9H9BrS/c1-9(10)6-11-8-5-3-2-4-7(8)9/h2-5H,6H2,1H3. The SMILES string of the molecule is CC1(Br)CSc2ccccc21. The molecule has 0 bridgehead atoms. The van der Waals surface area contributed by atoms with Crippen LogP contribution in [0, 0.1) is 0 Å². The lowest BCUT2D eigenvalue weighted by atomic mass is 10.0. The maximum absolute atomic E-state index is 3.72. The highest BCUT2D eigenvalue weighted by Gasteiger charge is 2.31. The molecule has 0 radical (unpaired) electrons. The average Bonchev–Trinajstić information content (AvgIpc) is 2.29. The Morgan fingerprint density at radius 3 is 2.91 bits per heavy atom. The molecule has 1 aromatic carbocycles. The summed E-state index contributed by atoms with van der Waals surface area (Å²) < 4.78 is 0.203. The second-order valence-electron chi connectivity index (χ2n) is 2.98. The number of thioether (sulfide) groups is 1. The number of rotatable bonds is 0. The predicted octanol–water partition coefficient (Wildman–Crippen LogP) is 3.40. The maximum Gasteiger partial charge on any atom is 0.0582 e. The van der Waals surface area contributed by atoms with Gasteiger partial charge in [0, 0.05) is 10.6 Å². The summed E-state index contributed by atoms with van der Waals surface area (Å²) in [5.74, 6) is 1.15. The van der Waals surface area contributed by atoms with Crippen LogP contribution in [0.2, 0.25) is 0 Å². The summed E-state index contributed by atoms with van der Waals surface area (Å²) in [7, 11) is 0. The van der Waals surface area contributed by atoms with E-state index in [-0.39, 0.29) is 4.32 Å². The van der Waals surface area contributed by atoms with Gasteiger partial charge in [0.05, 0.1) is 4.32 Å². The minimum atomic E-state index is 0.203. The van der Waals surface area contributed by atoms with Crippen molar-refractivity contribution in [1.82, 2.24) is 0 Å². The third kappa shape index (κ3) is 1.23. The quantitative estimate of drug-likeness (QED) is 0.614. The van der Waals surface area contributed by atoms with Crippen molar-refractivity contribution in [1.29, 1.82) is 0 Å². The predicted molar refractivity (Wildman–Crippen MR) is 53.4 cm³/mol. The molecule has 1 aromatic rings. The lowest BCUT2D eigenvalue weighted by Gasteiger charge is -2.14. The fraction of sp³-hybridized carbons (Fsp3) is 0.333. The first-order valence-electron chi connectivity index (χ1n) is 3.61. The summed E-state index contributed by atoms with van der Waals surface area (Å²) in [4.78, 5) is 1.42. The van der Waals surface area contributed by atoms with E-state index in [9.17, 15) is 0 Å². The molecule has 1 aliphatic rings. The van der Waals surface area contributed by atoms with Crippen LogP contribution in [-0.2, 0) is 4.32 Å². The Hall–Kier alpha value is 0.0500. The van der Waals surface area contributed by atoms with Gasteiger partial charge in [-0.05, 0) is 18.6 Å². The zero-order chi connectivity index (χ0) is 7.90. The third-order valence-electron chi connectivity index (χ3n) is 1.95. The van der Waals surface area contributed by atoms with E-state index >= 15 is 0 Å². The smallest absolute Gasteiger partial charge is 0.0582 e. The third-order valence-corrected chi connectivity index (χ3v) is 4.41. The summed E-state index contributed by atoms with van der Waals surface area (Å²) in [5.41, 5.74) is 1.44. The molecule has 58 valence electrons. The topological polar surface area (TPSA) is 0 Å². The van der Waals surface area contributed by atoms with Crippen molar-refractivity contribution in [3.8, 4) is 0 Å². The number of halogens is 1. The van der Waals surface area contributed by atoms with Gasteiger partial charge in [0.25, 0.3) is 0 Å². The monoisotopic (exact) mass is 228 g/mol. The zero-order valence-corrected chi connectivity index (χ0v) is 8.71. The molecule has 2 rings (SSSR count). The lowest BCUT2D eigenvalue weighted by molar-refractivity contribution is 0.820. The van der Waals surface area contributed by atoms with E-state index in [2.05, 4.69) is 47.1 Å². The van der Waals surface area contributed by atoms with Crippen molar-refractivity contribution in [2.24, 2.45) is 0 Å². The van der Waals surface area contributed by atoms with Gasteiger partial charge in [-0.25, -0.2) is 0 Å². The van der Waals surface area contributed by atoms with Gasteiger partial charge in [0.15, 0.2) is 0 Å². The van der Waals surface area contributed by atoms with E-state index in [1.54, 1.807) is 0 Å². The number of hydrogen-bond acceptors (Lipinski definition) is 1. The molecule has 0 aliphatic carbocycles. The van der Waals surface area contributed by atoms with Gasteiger partial charge in [0.1, 0.15) is 0 Å². The summed E-state index contributed by atoms with van der Waals surface area (Å²) in [6, 6.07) is 8.58. The van der Waals surface area contributed by atoms with E-state index in [4.69, 9.17) is 0 Å². The fourth-order valence-corrected chi connectivity index (χ4v) is 3.34. The van der Waals surface area contributed by atoms with Crippen molar-refractivity contribution in [2.75, 3.05) is 5.75 Å². The van der Waals surface area contributed by atoms with Crippen LogP contribution in [0.15, 0.2) is 29.2 Å². The number of fused-ring (bicyclic) bond motifs is 1. The molecule has 11 heavy (non-hydrogen) atoms. The van der Waals surface area contributed by atoms with Gasteiger partial charge in [-0.15, -0.1) is 11.8 Å². The van der Waals surface area contributed by atoms with Crippen molar-refractivity contribution in [3.05, 3.63) is 29.8 Å². The van der Waals surface area contributed by atoms with Crippen molar-refractivity contribution < 1.29 is 0 Å². The van der Waals surface area contributed by atoms with Gasteiger partial charge in [0.2, 0.25) is 0 Å². The number of hydrogen-bond donors (Lipinski definition) is 0. The maximum atomic E-state index is 3.72. The molecule has 0 saturated carbocycles. The molecule has 0 nitrogen and oxygen atoms in total. The van der Waals surface area contributed by atoms with Gasteiger partial charge >= 0.3 is 0 Å². The molecule has 1 unspecified atom stereocenters. The Bertz CT molecular complexity index is 281. The highest BCUT2D eigenvalue weighted by molar-refractivity contribution is 9.09. The van der Waals surface area contributed by atoms with Crippen LogP contribution >= 0.6 is 27.7 Å². The largest absolute Gasteiger partial charge is 0.124 e. The Balaban J connectivity index is 2.56. The van der Waals surface area contributed by atoms with Crippen LogP contribution in [0.3, 0.4) is 0 Å². The van der Waals surface area contributed by atoms with Gasteiger partial charge in [-0.2, -0.15) is 0 Å². The zero-order valence-electron chi connectivity index (χ0n) is 6.30. The normalized spacial score (nSPS) is 28.5. The average molecular weight is 229 g/mol. The molecule has 0 saturated heterocycles. The van der Waals surface area contributed by atoms with Crippen LogP contribution in [0.25, 0.3) is 0 Å². The molecule has 0 fully saturated rings. The van der Waals surface area contributed by atoms with Crippen LogP contribution in [-0.4, -0.2) is 5.75 Å². The van der Waals surface area contributed by atoms with Crippen LogP contribution in [0.5, 0.6) is 0 Å². The minimum Gasteiger partial charge on any atom is -0.124 e. The summed E-state index contributed by atoms with van der Waals surface area (Å²) in [6.45, 7) is 2.23. The molecule has 0 spiro atoms. The van der Waals surface area contributed by atoms with E-state index in [0.29, 0.717) is 0 Å². The molecule has 0 aromatic heterocycles. The first kappa shape index (κ1) is 7.69. The van der Waals surface area contributed by atoms with Crippen LogP contribution < -0.4 is 0 Å². The second-order valence-corrected chi connectivity index (χ2v) is 5.75. The molecule has 2 heteroatoms. The minimum absolute atomic E-state index is 0.203. The molecule has 1 atom stereocenters. The summed E-state index contributed by atoms with van der Waals surface area (Å²) in [5, 5.41) is 0. The van der Waals surface area contributed by atoms with Crippen LogP contribution in [0.4, 0.5) is 0 Å². The lowest BCUT2D eigenvalue weighted by Crippen LogP contribution is -2.10. The molecule has 1 aliphatic heterocycles. The van der Waals surface area contributed by atoms with E-state index in [0.717, 1.165) is 5.75 Å². The summed E-state index contributed by atoms with van der Waals surface area (Å²) >= 11 is 5.65. The second kappa shape index (κ2) is 2.53. The van der Waals surface area contributed by atoms with E-state index < -0.39 is 0 Å². The fourth-order valence-electron chi connectivity index (χ4n) is 1.31. The molecule has 0 amide bonds. The Morgan fingerprint density at radius 1 is 1.45 bits per heavy atom. The summed E-state index contributed by atoms with van der Waals surface area (Å²) in [6.07, 6.45) is 0. The van der Waals surface area contributed by atoms with Crippen LogP contribution in [0.1, 0.15) is 12.5 Å². The number of alkyl halides is 1. The van der Waals surface area contributed by atoms with Crippen molar-refractivity contribution in [2.45, 2.75) is 16.1 Å². The molecule has 0 N–H and O–H groups in total. The Kier molecular flexibility index (Phi) is 1.77. The number of benzene rings is 1. The van der Waals surface area contributed by atoms with E-state index in [1.165, 1.54) is 10.5 Å². The van der Waals surface area contributed by atoms with Crippen molar-refractivity contribution in [3.63, 3.8) is 0 Å². The van der Waals surface area contributed by atoms with Gasteiger partial charge < -0.3 is 0 Å². The first-order valence-corrected chi connectivity index (χ1v) is 5.39. The molecule has 1 heterocycles. The highest BCUT2D eigenvalue weighted by atomic mass is 79.9. The van der Waals surface area contributed by atoms with Gasteiger partial charge in [-0.1, -0.05) is 34.1 Å².